The standard InChI is InChI=1S/C20H23F2N5O3S/c1-11-9-26(18-14(22)6-12(8-23-18)16(29)10-28)4-5-27(11)20(30)25-19-24-15-3-2-13(21)7-17(15)31-19/h2-3,6-8,11,16,20,28-30H,4-5,9-10H2,1H3,(H,24,25)/t11-,16+,20?/m0/s1. The molecule has 1 aromatic carbocycles. The van der Waals surface area contributed by atoms with Crippen LogP contribution < -0.4 is 10.2 Å². The zero-order valence-electron chi connectivity index (χ0n) is 16.7. The number of rotatable bonds is 6. The van der Waals surface area contributed by atoms with Gasteiger partial charge >= 0.3 is 0 Å². The van der Waals surface area contributed by atoms with Crippen molar-refractivity contribution in [1.82, 2.24) is 14.9 Å². The molecule has 0 spiro atoms. The van der Waals surface area contributed by atoms with E-state index in [0.29, 0.717) is 35.0 Å². The van der Waals surface area contributed by atoms with Crippen LogP contribution in [0.4, 0.5) is 19.7 Å². The number of pyridine rings is 1. The number of thiazole rings is 1. The second-order valence-electron chi connectivity index (χ2n) is 7.45. The molecule has 0 saturated carbocycles. The normalized spacial score (nSPS) is 19.5. The first kappa shape index (κ1) is 21.8. The maximum absolute atomic E-state index is 14.5. The summed E-state index contributed by atoms with van der Waals surface area (Å²) in [4.78, 5) is 12.1. The summed E-state index contributed by atoms with van der Waals surface area (Å²) in [6.45, 7) is 2.70. The summed E-state index contributed by atoms with van der Waals surface area (Å²) >= 11 is 1.25. The summed E-state index contributed by atoms with van der Waals surface area (Å²) in [5.41, 5.74) is 0.862. The third kappa shape index (κ3) is 4.60. The smallest absolute Gasteiger partial charge is 0.186 e. The lowest BCUT2D eigenvalue weighted by molar-refractivity contribution is -0.00547. The summed E-state index contributed by atoms with van der Waals surface area (Å²) < 4.78 is 28.6. The summed E-state index contributed by atoms with van der Waals surface area (Å²) in [5.74, 6) is -0.755. The van der Waals surface area contributed by atoms with Gasteiger partial charge < -0.3 is 25.5 Å². The molecule has 0 aliphatic carbocycles. The molecule has 4 N–H and O–H groups in total. The molecule has 0 bridgehead atoms. The van der Waals surface area contributed by atoms with Crippen molar-refractivity contribution in [3.63, 3.8) is 0 Å². The average molecular weight is 451 g/mol. The summed E-state index contributed by atoms with van der Waals surface area (Å²) in [6.07, 6.45) is -0.836. The molecule has 166 valence electrons. The van der Waals surface area contributed by atoms with Crippen LogP contribution in [0.3, 0.4) is 0 Å². The lowest BCUT2D eigenvalue weighted by atomic mass is 10.1. The topological polar surface area (TPSA) is 105 Å². The molecule has 0 radical (unpaired) electrons. The van der Waals surface area contributed by atoms with Gasteiger partial charge in [0.1, 0.15) is 11.9 Å². The van der Waals surface area contributed by atoms with E-state index in [-0.39, 0.29) is 23.2 Å². The molecule has 4 rings (SSSR count). The highest BCUT2D eigenvalue weighted by atomic mass is 32.1. The van der Waals surface area contributed by atoms with E-state index in [9.17, 15) is 19.0 Å². The molecule has 1 fully saturated rings. The van der Waals surface area contributed by atoms with Crippen LogP contribution >= 0.6 is 11.3 Å². The van der Waals surface area contributed by atoms with E-state index in [1.54, 1.807) is 11.0 Å². The van der Waals surface area contributed by atoms with E-state index in [2.05, 4.69) is 15.3 Å². The van der Waals surface area contributed by atoms with E-state index in [0.717, 1.165) is 0 Å². The number of benzene rings is 1. The van der Waals surface area contributed by atoms with Gasteiger partial charge in [-0.05, 0) is 31.2 Å². The Morgan fingerprint density at radius 3 is 2.77 bits per heavy atom. The maximum atomic E-state index is 14.5. The van der Waals surface area contributed by atoms with Crippen molar-refractivity contribution < 1.29 is 24.1 Å². The van der Waals surface area contributed by atoms with Crippen LogP contribution in [0.5, 0.6) is 0 Å². The quantitative estimate of drug-likeness (QED) is 0.421. The predicted molar refractivity (Wildman–Crippen MR) is 114 cm³/mol. The molecule has 3 heterocycles. The number of piperazine rings is 1. The molecule has 0 amide bonds. The third-order valence-corrected chi connectivity index (χ3v) is 6.25. The van der Waals surface area contributed by atoms with Crippen molar-refractivity contribution in [3.8, 4) is 0 Å². The molecule has 2 aromatic heterocycles. The Kier molecular flexibility index (Phi) is 6.30. The second-order valence-corrected chi connectivity index (χ2v) is 8.49. The van der Waals surface area contributed by atoms with E-state index in [1.165, 1.54) is 35.7 Å². The van der Waals surface area contributed by atoms with Gasteiger partial charge in [-0.25, -0.2) is 18.7 Å². The minimum atomic E-state index is -1.17. The first-order valence-electron chi connectivity index (χ1n) is 9.81. The number of fused-ring (bicyclic) bond motifs is 1. The highest BCUT2D eigenvalue weighted by Crippen LogP contribution is 2.28. The molecule has 8 nitrogen and oxygen atoms in total. The van der Waals surface area contributed by atoms with Crippen LogP contribution in [0.1, 0.15) is 18.6 Å². The largest absolute Gasteiger partial charge is 0.393 e. The molecule has 1 aliphatic rings. The van der Waals surface area contributed by atoms with Gasteiger partial charge in [-0.3, -0.25) is 4.90 Å². The zero-order chi connectivity index (χ0) is 22.1. The van der Waals surface area contributed by atoms with Crippen LogP contribution in [0.2, 0.25) is 0 Å². The number of halogens is 2. The van der Waals surface area contributed by atoms with Crippen molar-refractivity contribution in [1.29, 1.82) is 0 Å². The molecule has 11 heteroatoms. The van der Waals surface area contributed by atoms with Gasteiger partial charge in [-0.15, -0.1) is 0 Å². The highest BCUT2D eigenvalue weighted by molar-refractivity contribution is 7.22. The highest BCUT2D eigenvalue weighted by Gasteiger charge is 2.30. The van der Waals surface area contributed by atoms with Gasteiger partial charge in [-0.2, -0.15) is 0 Å². The number of anilines is 2. The monoisotopic (exact) mass is 451 g/mol. The number of aliphatic hydroxyl groups is 3. The Labute approximate surface area is 181 Å². The van der Waals surface area contributed by atoms with Crippen molar-refractivity contribution in [3.05, 3.63) is 47.7 Å². The zero-order valence-corrected chi connectivity index (χ0v) is 17.6. The molecule has 1 aliphatic heterocycles. The van der Waals surface area contributed by atoms with E-state index in [4.69, 9.17) is 5.11 Å². The fourth-order valence-corrected chi connectivity index (χ4v) is 4.55. The van der Waals surface area contributed by atoms with Crippen LogP contribution in [0, 0.1) is 11.6 Å². The van der Waals surface area contributed by atoms with Gasteiger partial charge in [-0.1, -0.05) is 11.3 Å². The molecule has 1 saturated heterocycles. The Balaban J connectivity index is 1.41. The Hall–Kier alpha value is -2.44. The van der Waals surface area contributed by atoms with Crippen molar-refractivity contribution in [2.24, 2.45) is 0 Å². The van der Waals surface area contributed by atoms with Crippen molar-refractivity contribution >= 4 is 32.5 Å². The molecule has 3 aromatic rings. The molecular formula is C20H23F2N5O3S. The Morgan fingerprint density at radius 1 is 1.26 bits per heavy atom. The minimum absolute atomic E-state index is 0.132. The van der Waals surface area contributed by atoms with Gasteiger partial charge in [0.25, 0.3) is 0 Å². The SMILES string of the molecule is C[C@H]1CN(c2ncc([C@H](O)CO)cc2F)CCN1C(O)Nc1nc2ccc(F)cc2s1. The van der Waals surface area contributed by atoms with Gasteiger partial charge in [0, 0.05) is 37.4 Å². The predicted octanol–water partition coefficient (Wildman–Crippen LogP) is 1.89. The van der Waals surface area contributed by atoms with Gasteiger partial charge in [0.15, 0.2) is 23.1 Å². The Bertz CT molecular complexity index is 1070. The summed E-state index contributed by atoms with van der Waals surface area (Å²) in [6, 6.07) is 5.37. The summed E-state index contributed by atoms with van der Waals surface area (Å²) in [7, 11) is 0. The molecule has 1 unspecified atom stereocenters. The molecule has 3 atom stereocenters. The van der Waals surface area contributed by atoms with Crippen LogP contribution in [-0.2, 0) is 0 Å². The number of hydrogen-bond acceptors (Lipinski definition) is 9. The number of aromatic nitrogens is 2. The van der Waals surface area contributed by atoms with Crippen molar-refractivity contribution in [2.75, 3.05) is 36.5 Å². The van der Waals surface area contributed by atoms with Crippen LogP contribution in [0.25, 0.3) is 10.2 Å². The number of aliphatic hydroxyl groups excluding tert-OH is 3. The average Bonchev–Trinajstić information content (AvgIpc) is 3.14. The fraction of sp³-hybridized carbons (Fsp3) is 0.400. The van der Waals surface area contributed by atoms with Crippen molar-refractivity contribution in [2.45, 2.75) is 25.4 Å². The molecule has 31 heavy (non-hydrogen) atoms. The third-order valence-electron chi connectivity index (χ3n) is 5.30. The number of nitrogens with one attached hydrogen (secondary N) is 1. The second kappa shape index (κ2) is 8.97. The lowest BCUT2D eigenvalue weighted by Gasteiger charge is -2.42. The maximum Gasteiger partial charge on any atom is 0.186 e. The first-order chi connectivity index (χ1) is 14.9. The van der Waals surface area contributed by atoms with E-state index >= 15 is 0 Å². The van der Waals surface area contributed by atoms with E-state index < -0.39 is 24.9 Å². The van der Waals surface area contributed by atoms with Gasteiger partial charge in [0.2, 0.25) is 0 Å². The van der Waals surface area contributed by atoms with Crippen LogP contribution in [0.15, 0.2) is 30.5 Å². The Morgan fingerprint density at radius 2 is 2.06 bits per heavy atom. The fourth-order valence-electron chi connectivity index (χ4n) is 3.65. The van der Waals surface area contributed by atoms with Gasteiger partial charge in [0.05, 0.1) is 16.8 Å². The lowest BCUT2D eigenvalue weighted by Crippen LogP contribution is -2.57. The minimum Gasteiger partial charge on any atom is -0.393 e. The molecular weight excluding hydrogens is 428 g/mol. The summed E-state index contributed by atoms with van der Waals surface area (Å²) in [5, 5.41) is 32.7. The number of nitrogens with zero attached hydrogens (tertiary/aromatic N) is 4. The number of hydrogen-bond donors (Lipinski definition) is 4. The van der Waals surface area contributed by atoms with E-state index in [1.807, 2.05) is 11.8 Å². The van der Waals surface area contributed by atoms with Crippen LogP contribution in [-0.4, -0.2) is 68.8 Å². The first-order valence-corrected chi connectivity index (χ1v) is 10.6.